The summed E-state index contributed by atoms with van der Waals surface area (Å²) in [4.78, 5) is 39.7. The molecule has 2 aliphatic heterocycles. The molecule has 272 valence electrons. The van der Waals surface area contributed by atoms with E-state index in [1.54, 1.807) is 23.2 Å². The van der Waals surface area contributed by atoms with Gasteiger partial charge in [-0.3, -0.25) is 4.79 Å². The van der Waals surface area contributed by atoms with E-state index < -0.39 is 5.60 Å². The molecule has 2 amide bonds. The smallest absolute Gasteiger partial charge is 0.410 e. The van der Waals surface area contributed by atoms with Gasteiger partial charge in [-0.25, -0.2) is 14.8 Å². The minimum atomic E-state index is -0.535. The first-order valence-electron chi connectivity index (χ1n) is 18.0. The molecule has 3 aromatic rings. The summed E-state index contributed by atoms with van der Waals surface area (Å²) in [6.07, 6.45) is 10.1. The lowest BCUT2D eigenvalue weighted by atomic mass is 9.72. The lowest BCUT2D eigenvalue weighted by Gasteiger charge is -2.47. The fourth-order valence-electron chi connectivity index (χ4n) is 7.72. The molecule has 1 aromatic heterocycles. The minimum absolute atomic E-state index is 0.0959. The van der Waals surface area contributed by atoms with Crippen molar-refractivity contribution in [1.29, 1.82) is 0 Å². The van der Waals surface area contributed by atoms with Crippen molar-refractivity contribution < 1.29 is 14.3 Å². The number of anilines is 2. The summed E-state index contributed by atoms with van der Waals surface area (Å²) in [5, 5.41) is 9.72. The highest BCUT2D eigenvalue weighted by atomic mass is 35.5. The Labute approximate surface area is 305 Å². The van der Waals surface area contributed by atoms with Gasteiger partial charge in [0.2, 0.25) is 5.91 Å². The molecule has 3 unspecified atom stereocenters. The van der Waals surface area contributed by atoms with Crippen LogP contribution in [0.3, 0.4) is 0 Å². The van der Waals surface area contributed by atoms with Crippen molar-refractivity contribution in [3.8, 4) is 11.3 Å². The molecule has 3 aliphatic rings. The van der Waals surface area contributed by atoms with Gasteiger partial charge in [0.15, 0.2) is 0 Å². The number of aromatic amines is 1. The van der Waals surface area contributed by atoms with Crippen molar-refractivity contribution in [2.45, 2.75) is 71.4 Å². The largest absolute Gasteiger partial charge is 0.444 e. The minimum Gasteiger partial charge on any atom is -0.444 e. The summed E-state index contributed by atoms with van der Waals surface area (Å²) in [7, 11) is 0. The van der Waals surface area contributed by atoms with Gasteiger partial charge in [-0.2, -0.15) is 0 Å². The molecule has 3 heterocycles. The SMILES string of the molecule is CCN(/N=N\N)c1ccc(Cl)cc1/C=C/C(=O)N1CC(C2CCN(C(=O)OC(C)(C)C)CC2)CC(C2CC2)C1c1ncc(-c2ccc(N)cc2)[nH]1. The fraction of sp³-hybridized carbons (Fsp3) is 0.500. The van der Waals surface area contributed by atoms with Gasteiger partial charge in [0.1, 0.15) is 11.4 Å². The molecule has 51 heavy (non-hydrogen) atoms. The second-order valence-corrected chi connectivity index (χ2v) is 15.4. The lowest BCUT2D eigenvalue weighted by Crippen LogP contribution is -2.50. The Bertz CT molecular complexity index is 1740. The predicted molar refractivity (Wildman–Crippen MR) is 200 cm³/mol. The molecule has 5 N–H and O–H groups in total. The molecule has 13 heteroatoms. The number of halogens is 1. The first-order chi connectivity index (χ1) is 24.4. The number of ether oxygens (including phenoxy) is 1. The van der Waals surface area contributed by atoms with Crippen molar-refractivity contribution in [2.24, 2.45) is 40.0 Å². The number of likely N-dealkylation sites (tertiary alicyclic amines) is 2. The van der Waals surface area contributed by atoms with Crippen LogP contribution in [-0.2, 0) is 9.53 Å². The van der Waals surface area contributed by atoms with Crippen LogP contribution in [0.1, 0.15) is 77.2 Å². The Hall–Kier alpha value is -4.58. The van der Waals surface area contributed by atoms with E-state index in [0.29, 0.717) is 54.6 Å². The highest BCUT2D eigenvalue weighted by molar-refractivity contribution is 6.30. The normalized spacial score (nSPS) is 21.8. The summed E-state index contributed by atoms with van der Waals surface area (Å²) >= 11 is 6.42. The second-order valence-electron chi connectivity index (χ2n) is 15.0. The molecule has 3 atom stereocenters. The zero-order valence-corrected chi connectivity index (χ0v) is 30.7. The third-order valence-electron chi connectivity index (χ3n) is 10.3. The second kappa shape index (κ2) is 15.3. The number of carbonyl (C=O) groups excluding carboxylic acids is 2. The summed E-state index contributed by atoms with van der Waals surface area (Å²) in [6.45, 7) is 10.0. The number of imidazole rings is 1. The van der Waals surface area contributed by atoms with Gasteiger partial charge < -0.3 is 31.1 Å². The molecule has 1 saturated carbocycles. The number of rotatable bonds is 9. The van der Waals surface area contributed by atoms with Gasteiger partial charge in [-0.05, 0) is 131 Å². The van der Waals surface area contributed by atoms with Crippen LogP contribution in [0.15, 0.2) is 65.2 Å². The van der Waals surface area contributed by atoms with Crippen LogP contribution in [0.4, 0.5) is 16.2 Å². The summed E-state index contributed by atoms with van der Waals surface area (Å²) in [5.74, 6) is 7.53. The van der Waals surface area contributed by atoms with Crippen molar-refractivity contribution in [1.82, 2.24) is 19.8 Å². The zero-order valence-electron chi connectivity index (χ0n) is 30.0. The molecule has 0 bridgehead atoms. The number of amides is 2. The summed E-state index contributed by atoms with van der Waals surface area (Å²) in [6, 6.07) is 12.9. The monoisotopic (exact) mass is 715 g/mol. The third-order valence-corrected chi connectivity index (χ3v) is 10.6. The van der Waals surface area contributed by atoms with E-state index in [1.165, 1.54) is 0 Å². The number of nitrogens with two attached hydrogens (primary N) is 2. The van der Waals surface area contributed by atoms with Crippen molar-refractivity contribution in [2.75, 3.05) is 36.9 Å². The van der Waals surface area contributed by atoms with Crippen LogP contribution in [0, 0.1) is 23.7 Å². The van der Waals surface area contributed by atoms with Crippen LogP contribution in [0.2, 0.25) is 5.02 Å². The summed E-state index contributed by atoms with van der Waals surface area (Å²) in [5.41, 5.74) is 9.45. The Balaban J connectivity index is 1.30. The maximum atomic E-state index is 14.5. The summed E-state index contributed by atoms with van der Waals surface area (Å²) < 4.78 is 5.66. The van der Waals surface area contributed by atoms with E-state index in [1.807, 2.05) is 80.1 Å². The number of hydrogen-bond acceptors (Lipinski definition) is 7. The molecule has 6 rings (SSSR count). The molecular weight excluding hydrogens is 666 g/mol. The number of piperidine rings is 2. The molecule has 2 aromatic carbocycles. The Morgan fingerprint density at radius 1 is 1.08 bits per heavy atom. The average molecular weight is 716 g/mol. The van der Waals surface area contributed by atoms with Crippen LogP contribution in [-0.4, -0.2) is 63.5 Å². The molecule has 0 radical (unpaired) electrons. The van der Waals surface area contributed by atoms with E-state index in [2.05, 4.69) is 15.4 Å². The lowest BCUT2D eigenvalue weighted by molar-refractivity contribution is -0.134. The molecule has 3 fully saturated rings. The van der Waals surface area contributed by atoms with E-state index in [4.69, 9.17) is 32.9 Å². The Morgan fingerprint density at radius 2 is 1.80 bits per heavy atom. The fourth-order valence-corrected chi connectivity index (χ4v) is 7.90. The van der Waals surface area contributed by atoms with Crippen molar-refractivity contribution in [3.05, 3.63) is 71.1 Å². The first kappa shape index (κ1) is 36.2. The number of nitrogens with zero attached hydrogens (tertiary/aromatic N) is 6. The van der Waals surface area contributed by atoms with E-state index >= 15 is 0 Å². The number of aromatic nitrogens is 2. The molecular formula is C38H50ClN9O3. The van der Waals surface area contributed by atoms with Crippen LogP contribution < -0.4 is 16.6 Å². The van der Waals surface area contributed by atoms with Crippen molar-refractivity contribution >= 4 is 41.1 Å². The highest BCUT2D eigenvalue weighted by Gasteiger charge is 2.48. The Morgan fingerprint density at radius 3 is 2.45 bits per heavy atom. The zero-order chi connectivity index (χ0) is 36.3. The molecule has 2 saturated heterocycles. The maximum absolute atomic E-state index is 14.5. The number of nitrogens with one attached hydrogen (secondary N) is 1. The van der Waals surface area contributed by atoms with Crippen LogP contribution in [0.25, 0.3) is 17.3 Å². The maximum Gasteiger partial charge on any atom is 0.410 e. The first-order valence-corrected chi connectivity index (χ1v) is 18.4. The Kier molecular flexibility index (Phi) is 10.9. The predicted octanol–water partition coefficient (Wildman–Crippen LogP) is 7.66. The third kappa shape index (κ3) is 8.66. The van der Waals surface area contributed by atoms with Gasteiger partial charge in [-0.15, -0.1) is 0 Å². The number of carbonyl (C=O) groups is 2. The van der Waals surface area contributed by atoms with Crippen LogP contribution >= 0.6 is 11.6 Å². The van der Waals surface area contributed by atoms with Gasteiger partial charge in [0, 0.05) is 48.5 Å². The van der Waals surface area contributed by atoms with E-state index in [9.17, 15) is 9.59 Å². The number of nitrogen functional groups attached to an aromatic ring is 1. The molecule has 1 aliphatic carbocycles. The number of hydrogen-bond donors (Lipinski definition) is 3. The highest BCUT2D eigenvalue weighted by Crippen LogP contribution is 2.52. The van der Waals surface area contributed by atoms with E-state index in [0.717, 1.165) is 60.4 Å². The van der Waals surface area contributed by atoms with Gasteiger partial charge >= 0.3 is 6.09 Å². The van der Waals surface area contributed by atoms with Crippen molar-refractivity contribution in [3.63, 3.8) is 0 Å². The standard InChI is InChI=1S/C38H50ClN9O3/c1-5-48(45-44-41)33-14-11-29(39)20-27(33)10-15-34(49)47-23-28(24-16-18-46(19-17-24)37(50)51-38(2,3)4)21-31(25-6-7-25)35(47)36-42-22-32(43-36)26-8-12-30(40)13-9-26/h8-15,20,22,24-25,28,31,35H,5-7,16-19,21,23,40H2,1-4H3,(H2,41,45)(H,42,43)/b15-10+. The van der Waals surface area contributed by atoms with Gasteiger partial charge in [-0.1, -0.05) is 29.0 Å². The van der Waals surface area contributed by atoms with Crippen LogP contribution in [0.5, 0.6) is 0 Å². The van der Waals surface area contributed by atoms with E-state index in [-0.39, 0.29) is 24.0 Å². The quantitative estimate of drug-likeness (QED) is 0.0675. The van der Waals surface area contributed by atoms with Gasteiger partial charge in [0.05, 0.1) is 23.6 Å². The molecule has 12 nitrogen and oxygen atoms in total. The average Bonchev–Trinajstić information content (AvgIpc) is 3.85. The number of H-pyrrole nitrogens is 1. The molecule has 0 spiro atoms. The number of benzene rings is 2. The van der Waals surface area contributed by atoms with Gasteiger partial charge in [0.25, 0.3) is 0 Å². The topological polar surface area (TPSA) is 159 Å².